The van der Waals surface area contributed by atoms with Crippen molar-refractivity contribution in [3.63, 3.8) is 0 Å². The van der Waals surface area contributed by atoms with Gasteiger partial charge in [0.05, 0.1) is 5.52 Å². The third-order valence-corrected chi connectivity index (χ3v) is 3.56. The predicted molar refractivity (Wildman–Crippen MR) is 91.2 cm³/mol. The molecule has 122 valence electrons. The van der Waals surface area contributed by atoms with E-state index in [1.807, 2.05) is 25.1 Å². The van der Waals surface area contributed by atoms with Crippen molar-refractivity contribution in [2.24, 2.45) is 10.2 Å². The molecule has 24 heavy (non-hydrogen) atoms. The van der Waals surface area contributed by atoms with Crippen LogP contribution in [0.2, 0.25) is 5.02 Å². The van der Waals surface area contributed by atoms with Crippen LogP contribution in [0.4, 0.5) is 5.69 Å². The summed E-state index contributed by atoms with van der Waals surface area (Å²) in [5, 5.41) is 18.4. The summed E-state index contributed by atoms with van der Waals surface area (Å²) in [6.07, 6.45) is 0. The normalized spacial score (nSPS) is 11.2. The highest BCUT2D eigenvalue weighted by Crippen LogP contribution is 2.36. The van der Waals surface area contributed by atoms with E-state index >= 15 is 0 Å². The van der Waals surface area contributed by atoms with Crippen molar-refractivity contribution in [1.29, 1.82) is 0 Å². The number of H-pyrrole nitrogens is 1. The van der Waals surface area contributed by atoms with Crippen molar-refractivity contribution >= 4 is 34.1 Å². The molecule has 3 aromatic rings. The number of carbonyl (C=O) groups is 1. The number of nitrogens with zero attached hydrogens (tertiary/aromatic N) is 2. The molecule has 1 aromatic heterocycles. The Hall–Kier alpha value is -2.86. The lowest BCUT2D eigenvalue weighted by molar-refractivity contribution is -0.120. The summed E-state index contributed by atoms with van der Waals surface area (Å²) in [7, 11) is 0. The van der Waals surface area contributed by atoms with E-state index in [-0.39, 0.29) is 18.2 Å². The van der Waals surface area contributed by atoms with Crippen molar-refractivity contribution in [3.05, 3.63) is 53.1 Å². The Morgan fingerprint density at radius 3 is 2.92 bits per heavy atom. The fourth-order valence-corrected chi connectivity index (χ4v) is 2.39. The fraction of sp³-hybridized carbons (Fsp3) is 0.118. The molecule has 0 aliphatic heterocycles. The van der Waals surface area contributed by atoms with Gasteiger partial charge < -0.3 is 14.8 Å². The van der Waals surface area contributed by atoms with Crippen LogP contribution < -0.4 is 4.74 Å². The molecule has 2 N–H and O–H groups in total. The molecule has 0 fully saturated rings. The number of fused-ring (bicyclic) bond motifs is 1. The Morgan fingerprint density at radius 2 is 2.12 bits per heavy atom. The SMILES string of the molecule is Cc1cccc(OCC(=O)N=Nc2c(O)[nH]c3ccc(Cl)cc23)c1. The van der Waals surface area contributed by atoms with Crippen LogP contribution in [0.1, 0.15) is 5.56 Å². The van der Waals surface area contributed by atoms with E-state index in [4.69, 9.17) is 16.3 Å². The number of azo groups is 1. The van der Waals surface area contributed by atoms with Gasteiger partial charge in [-0.05, 0) is 42.8 Å². The van der Waals surface area contributed by atoms with E-state index in [9.17, 15) is 9.90 Å². The number of rotatable bonds is 4. The first-order valence-corrected chi connectivity index (χ1v) is 7.55. The maximum absolute atomic E-state index is 11.8. The maximum Gasteiger partial charge on any atom is 0.302 e. The second-order valence-electron chi connectivity index (χ2n) is 5.21. The number of aromatic amines is 1. The van der Waals surface area contributed by atoms with E-state index < -0.39 is 5.91 Å². The zero-order chi connectivity index (χ0) is 17.1. The zero-order valence-corrected chi connectivity index (χ0v) is 13.5. The van der Waals surface area contributed by atoms with Crippen molar-refractivity contribution in [1.82, 2.24) is 4.98 Å². The second-order valence-corrected chi connectivity index (χ2v) is 5.65. The Morgan fingerprint density at radius 1 is 1.29 bits per heavy atom. The summed E-state index contributed by atoms with van der Waals surface area (Å²) in [4.78, 5) is 14.6. The average molecular weight is 344 g/mol. The van der Waals surface area contributed by atoms with Gasteiger partial charge in [0.1, 0.15) is 5.75 Å². The monoisotopic (exact) mass is 343 g/mol. The van der Waals surface area contributed by atoms with Gasteiger partial charge >= 0.3 is 5.91 Å². The molecule has 0 aliphatic rings. The second kappa shape index (κ2) is 6.72. The smallest absolute Gasteiger partial charge is 0.302 e. The number of aromatic hydroxyl groups is 1. The third-order valence-electron chi connectivity index (χ3n) is 3.33. The molecule has 1 heterocycles. The highest BCUT2D eigenvalue weighted by atomic mass is 35.5. The average Bonchev–Trinajstić information content (AvgIpc) is 2.86. The minimum absolute atomic E-state index is 0.163. The molecule has 0 aliphatic carbocycles. The summed E-state index contributed by atoms with van der Waals surface area (Å²) in [6.45, 7) is 1.69. The number of nitrogens with one attached hydrogen (secondary N) is 1. The van der Waals surface area contributed by atoms with Gasteiger partial charge in [0, 0.05) is 10.4 Å². The molecule has 0 atom stereocenters. The number of amides is 1. The van der Waals surface area contributed by atoms with Gasteiger partial charge in [-0.25, -0.2) is 0 Å². The quantitative estimate of drug-likeness (QED) is 0.682. The lowest BCUT2D eigenvalue weighted by Crippen LogP contribution is -2.07. The molecular weight excluding hydrogens is 330 g/mol. The lowest BCUT2D eigenvalue weighted by atomic mass is 10.2. The number of halogens is 1. The van der Waals surface area contributed by atoms with Gasteiger partial charge in [0.25, 0.3) is 0 Å². The minimum atomic E-state index is -0.563. The summed E-state index contributed by atoms with van der Waals surface area (Å²) in [6, 6.07) is 12.4. The first kappa shape index (κ1) is 16.0. The van der Waals surface area contributed by atoms with Gasteiger partial charge in [-0.15, -0.1) is 10.2 Å². The van der Waals surface area contributed by atoms with E-state index in [2.05, 4.69) is 15.2 Å². The Balaban J connectivity index is 1.72. The highest BCUT2D eigenvalue weighted by Gasteiger charge is 2.11. The molecule has 6 nitrogen and oxygen atoms in total. The Bertz CT molecular complexity index is 934. The Labute approximate surface area is 142 Å². The van der Waals surface area contributed by atoms with Crippen molar-refractivity contribution < 1.29 is 14.6 Å². The van der Waals surface area contributed by atoms with E-state index in [1.54, 1.807) is 24.3 Å². The summed E-state index contributed by atoms with van der Waals surface area (Å²) in [5.41, 5.74) is 1.84. The summed E-state index contributed by atoms with van der Waals surface area (Å²) in [5.74, 6) is -0.157. The van der Waals surface area contributed by atoms with Crippen LogP contribution in [-0.2, 0) is 4.79 Å². The molecule has 0 unspecified atom stereocenters. The first-order valence-electron chi connectivity index (χ1n) is 7.17. The van der Waals surface area contributed by atoms with Crippen LogP contribution in [0.3, 0.4) is 0 Å². The minimum Gasteiger partial charge on any atom is -0.493 e. The number of aromatic nitrogens is 1. The van der Waals surface area contributed by atoms with Crippen LogP contribution in [0.25, 0.3) is 10.9 Å². The van der Waals surface area contributed by atoms with Gasteiger partial charge in [-0.2, -0.15) is 0 Å². The van der Waals surface area contributed by atoms with E-state index in [0.717, 1.165) is 5.56 Å². The van der Waals surface area contributed by atoms with Gasteiger partial charge in [0.2, 0.25) is 5.88 Å². The van der Waals surface area contributed by atoms with Crippen LogP contribution in [-0.4, -0.2) is 22.6 Å². The Kier molecular flexibility index (Phi) is 4.48. The number of aryl methyl sites for hydroxylation is 1. The standard InChI is InChI=1S/C17H14ClN3O3/c1-10-3-2-4-12(7-10)24-9-15(22)20-21-16-13-8-11(18)5-6-14(13)19-17(16)23/h2-8,19,23H,9H2,1H3. The van der Waals surface area contributed by atoms with Crippen LogP contribution in [0.5, 0.6) is 11.6 Å². The van der Waals surface area contributed by atoms with Gasteiger partial charge in [-0.1, -0.05) is 23.7 Å². The third kappa shape index (κ3) is 3.55. The topological polar surface area (TPSA) is 87.0 Å². The summed E-state index contributed by atoms with van der Waals surface area (Å²) < 4.78 is 5.36. The molecule has 2 aromatic carbocycles. The lowest BCUT2D eigenvalue weighted by Gasteiger charge is -2.03. The molecule has 0 saturated heterocycles. The fourth-order valence-electron chi connectivity index (χ4n) is 2.22. The van der Waals surface area contributed by atoms with Gasteiger partial charge in [0.15, 0.2) is 12.3 Å². The zero-order valence-electron chi connectivity index (χ0n) is 12.8. The molecular formula is C17H14ClN3O3. The van der Waals surface area contributed by atoms with Crippen molar-refractivity contribution in [2.45, 2.75) is 6.92 Å². The van der Waals surface area contributed by atoms with Crippen LogP contribution >= 0.6 is 11.6 Å². The number of benzene rings is 2. The van der Waals surface area contributed by atoms with Crippen molar-refractivity contribution in [3.8, 4) is 11.6 Å². The number of ether oxygens (including phenoxy) is 1. The van der Waals surface area contributed by atoms with Gasteiger partial charge in [-0.3, -0.25) is 4.79 Å². The molecule has 7 heteroatoms. The van der Waals surface area contributed by atoms with Crippen molar-refractivity contribution in [2.75, 3.05) is 6.61 Å². The largest absolute Gasteiger partial charge is 0.493 e. The maximum atomic E-state index is 11.8. The van der Waals surface area contributed by atoms with E-state index in [1.165, 1.54) is 0 Å². The molecule has 3 rings (SSSR count). The predicted octanol–water partition coefficient (Wildman–Crippen LogP) is 4.52. The summed E-state index contributed by atoms with van der Waals surface area (Å²) >= 11 is 5.94. The molecule has 0 saturated carbocycles. The van der Waals surface area contributed by atoms with Crippen LogP contribution in [0, 0.1) is 6.92 Å². The molecule has 1 amide bonds. The molecule has 0 bridgehead atoms. The number of carbonyl (C=O) groups excluding carboxylic acids is 1. The molecule has 0 spiro atoms. The van der Waals surface area contributed by atoms with Crippen LogP contribution in [0.15, 0.2) is 52.7 Å². The molecule has 0 radical (unpaired) electrons. The highest BCUT2D eigenvalue weighted by molar-refractivity contribution is 6.31. The van der Waals surface area contributed by atoms with E-state index in [0.29, 0.717) is 21.7 Å². The first-order chi connectivity index (χ1) is 11.5. The number of hydrogen-bond acceptors (Lipinski definition) is 4. The number of hydrogen-bond donors (Lipinski definition) is 2.